The molecule has 0 fully saturated rings. The van der Waals surface area contributed by atoms with Crippen molar-refractivity contribution in [3.8, 4) is 11.5 Å². The number of hydrogen-bond donors (Lipinski definition) is 2. The summed E-state index contributed by atoms with van der Waals surface area (Å²) in [6.07, 6.45) is 0. The highest BCUT2D eigenvalue weighted by Crippen LogP contribution is 2.36. The fraction of sp³-hybridized carbons (Fsp3) is 0.133. The van der Waals surface area contributed by atoms with Gasteiger partial charge >= 0.3 is 5.97 Å². The first-order valence-electron chi connectivity index (χ1n) is 6.56. The molecule has 0 atom stereocenters. The molecule has 0 bridgehead atoms. The Balaban J connectivity index is 2.38. The van der Waals surface area contributed by atoms with E-state index in [0.29, 0.717) is 10.2 Å². The lowest BCUT2D eigenvalue weighted by molar-refractivity contribution is 0.0697. The van der Waals surface area contributed by atoms with Gasteiger partial charge in [0.15, 0.2) is 11.5 Å². The smallest absolute Gasteiger partial charge is 0.335 e. The SMILES string of the molecule is COc1cc(Br)c(S(=O)(=O)Nc2ccc(C(=O)O)cc2)cc1OC. The molecule has 0 radical (unpaired) electrons. The van der Waals surface area contributed by atoms with Gasteiger partial charge in [-0.2, -0.15) is 0 Å². The molecule has 0 aliphatic carbocycles. The van der Waals surface area contributed by atoms with Crippen molar-refractivity contribution >= 4 is 37.6 Å². The molecule has 2 aromatic rings. The number of carbonyl (C=O) groups is 1. The van der Waals surface area contributed by atoms with E-state index in [-0.39, 0.29) is 21.9 Å². The number of methoxy groups -OCH3 is 2. The van der Waals surface area contributed by atoms with Gasteiger partial charge in [-0.05, 0) is 46.3 Å². The minimum atomic E-state index is -3.91. The molecule has 0 amide bonds. The molecule has 0 aromatic heterocycles. The predicted molar refractivity (Wildman–Crippen MR) is 91.5 cm³/mol. The Hall–Kier alpha value is -2.26. The maximum Gasteiger partial charge on any atom is 0.335 e. The summed E-state index contributed by atoms with van der Waals surface area (Å²) in [6, 6.07) is 8.18. The van der Waals surface area contributed by atoms with E-state index in [2.05, 4.69) is 20.7 Å². The largest absolute Gasteiger partial charge is 0.493 e. The molecular formula is C15H14BrNO6S. The molecule has 2 aromatic carbocycles. The van der Waals surface area contributed by atoms with Gasteiger partial charge in [0.25, 0.3) is 10.0 Å². The van der Waals surface area contributed by atoms with Crippen LogP contribution >= 0.6 is 15.9 Å². The lowest BCUT2D eigenvalue weighted by Crippen LogP contribution is -2.14. The number of carboxylic acid groups (broad SMARTS) is 1. The van der Waals surface area contributed by atoms with E-state index >= 15 is 0 Å². The van der Waals surface area contributed by atoms with Crippen LogP contribution < -0.4 is 14.2 Å². The number of rotatable bonds is 6. The molecule has 0 spiro atoms. The van der Waals surface area contributed by atoms with Crippen LogP contribution in [0.3, 0.4) is 0 Å². The number of anilines is 1. The second-order valence-electron chi connectivity index (χ2n) is 4.63. The molecule has 0 unspecified atom stereocenters. The molecule has 9 heteroatoms. The second-order valence-corrected chi connectivity index (χ2v) is 7.13. The first-order valence-corrected chi connectivity index (χ1v) is 8.84. The number of aromatic carboxylic acids is 1. The van der Waals surface area contributed by atoms with Crippen molar-refractivity contribution in [1.82, 2.24) is 0 Å². The Morgan fingerprint density at radius 1 is 1.08 bits per heavy atom. The Labute approximate surface area is 147 Å². The first kappa shape index (κ1) is 18.1. The zero-order chi connectivity index (χ0) is 17.9. The lowest BCUT2D eigenvalue weighted by atomic mass is 10.2. The van der Waals surface area contributed by atoms with Gasteiger partial charge in [0.2, 0.25) is 0 Å². The number of benzene rings is 2. The van der Waals surface area contributed by atoms with Crippen LogP contribution in [0.15, 0.2) is 45.8 Å². The molecule has 0 heterocycles. The Kier molecular flexibility index (Phi) is 5.35. The Morgan fingerprint density at radius 2 is 1.62 bits per heavy atom. The van der Waals surface area contributed by atoms with E-state index in [1.807, 2.05) is 0 Å². The molecule has 0 aliphatic rings. The third kappa shape index (κ3) is 3.80. The number of hydrogen-bond acceptors (Lipinski definition) is 5. The van der Waals surface area contributed by atoms with Crippen molar-refractivity contribution < 1.29 is 27.8 Å². The van der Waals surface area contributed by atoms with Crippen LogP contribution in [0.1, 0.15) is 10.4 Å². The third-order valence-electron chi connectivity index (χ3n) is 3.11. The van der Waals surface area contributed by atoms with E-state index < -0.39 is 16.0 Å². The fourth-order valence-corrected chi connectivity index (χ4v) is 4.03. The van der Waals surface area contributed by atoms with Crippen molar-refractivity contribution in [3.63, 3.8) is 0 Å². The molecule has 0 aliphatic heterocycles. The minimum absolute atomic E-state index is 0.0394. The summed E-state index contributed by atoms with van der Waals surface area (Å²) in [6.45, 7) is 0. The topological polar surface area (TPSA) is 102 Å². The van der Waals surface area contributed by atoms with Gasteiger partial charge < -0.3 is 14.6 Å². The van der Waals surface area contributed by atoms with Crippen molar-refractivity contribution in [2.45, 2.75) is 4.90 Å². The van der Waals surface area contributed by atoms with Gasteiger partial charge in [0, 0.05) is 16.2 Å². The van der Waals surface area contributed by atoms with Crippen molar-refractivity contribution in [2.75, 3.05) is 18.9 Å². The average Bonchev–Trinajstić information content (AvgIpc) is 2.54. The highest BCUT2D eigenvalue weighted by molar-refractivity contribution is 9.10. The first-order chi connectivity index (χ1) is 11.3. The Morgan fingerprint density at radius 3 is 2.12 bits per heavy atom. The van der Waals surface area contributed by atoms with Gasteiger partial charge in [-0.1, -0.05) is 0 Å². The summed E-state index contributed by atoms with van der Waals surface area (Å²) < 4.78 is 38.0. The summed E-state index contributed by atoms with van der Waals surface area (Å²) in [5.41, 5.74) is 0.298. The van der Waals surface area contributed by atoms with E-state index in [4.69, 9.17) is 14.6 Å². The normalized spacial score (nSPS) is 11.0. The third-order valence-corrected chi connectivity index (χ3v) is 5.45. The lowest BCUT2D eigenvalue weighted by Gasteiger charge is -2.13. The average molecular weight is 416 g/mol. The maximum absolute atomic E-state index is 12.6. The molecule has 7 nitrogen and oxygen atoms in total. The Bertz CT molecular complexity index is 864. The summed E-state index contributed by atoms with van der Waals surface area (Å²) in [5.74, 6) is -0.441. The number of sulfonamides is 1. The summed E-state index contributed by atoms with van der Waals surface area (Å²) in [4.78, 5) is 10.8. The van der Waals surface area contributed by atoms with Crippen LogP contribution in [0.5, 0.6) is 11.5 Å². The monoisotopic (exact) mass is 415 g/mol. The fourth-order valence-electron chi connectivity index (χ4n) is 1.93. The van der Waals surface area contributed by atoms with E-state index in [0.717, 1.165) is 0 Å². The molecule has 128 valence electrons. The summed E-state index contributed by atoms with van der Waals surface area (Å²) >= 11 is 3.20. The number of halogens is 1. The number of carboxylic acids is 1. The standard InChI is InChI=1S/C15H14BrNO6S/c1-22-12-7-11(16)14(8-13(12)23-2)24(20,21)17-10-5-3-9(4-6-10)15(18)19/h3-8,17H,1-2H3,(H,18,19). The highest BCUT2D eigenvalue weighted by atomic mass is 79.9. The van der Waals surface area contributed by atoms with E-state index in [1.165, 1.54) is 50.6 Å². The summed E-state index contributed by atoms with van der Waals surface area (Å²) in [5, 5.41) is 8.86. The van der Waals surface area contributed by atoms with Crippen LogP contribution in [0.4, 0.5) is 5.69 Å². The maximum atomic E-state index is 12.6. The molecular weight excluding hydrogens is 402 g/mol. The molecule has 0 saturated carbocycles. The zero-order valence-corrected chi connectivity index (χ0v) is 15.1. The van der Waals surface area contributed by atoms with Crippen LogP contribution in [0, 0.1) is 0 Å². The quantitative estimate of drug-likeness (QED) is 0.751. The zero-order valence-electron chi connectivity index (χ0n) is 12.7. The van der Waals surface area contributed by atoms with Gasteiger partial charge in [-0.15, -0.1) is 0 Å². The van der Waals surface area contributed by atoms with Gasteiger partial charge in [-0.25, -0.2) is 13.2 Å². The molecule has 2 N–H and O–H groups in total. The van der Waals surface area contributed by atoms with Crippen LogP contribution in [0.2, 0.25) is 0 Å². The summed E-state index contributed by atoms with van der Waals surface area (Å²) in [7, 11) is -1.07. The minimum Gasteiger partial charge on any atom is -0.493 e. The molecule has 0 saturated heterocycles. The highest BCUT2D eigenvalue weighted by Gasteiger charge is 2.21. The van der Waals surface area contributed by atoms with Gasteiger partial charge in [0.05, 0.1) is 19.8 Å². The van der Waals surface area contributed by atoms with Crippen molar-refractivity contribution in [2.24, 2.45) is 0 Å². The number of ether oxygens (including phenoxy) is 2. The number of nitrogens with one attached hydrogen (secondary N) is 1. The van der Waals surface area contributed by atoms with Crippen LogP contribution in [-0.2, 0) is 10.0 Å². The molecule has 2 rings (SSSR count). The van der Waals surface area contributed by atoms with E-state index in [1.54, 1.807) is 0 Å². The van der Waals surface area contributed by atoms with Crippen molar-refractivity contribution in [3.05, 3.63) is 46.4 Å². The van der Waals surface area contributed by atoms with Crippen LogP contribution in [-0.4, -0.2) is 33.7 Å². The second kappa shape index (κ2) is 7.10. The van der Waals surface area contributed by atoms with E-state index in [9.17, 15) is 13.2 Å². The molecule has 24 heavy (non-hydrogen) atoms. The van der Waals surface area contributed by atoms with Crippen molar-refractivity contribution in [1.29, 1.82) is 0 Å². The predicted octanol–water partition coefficient (Wildman–Crippen LogP) is 2.97. The van der Waals surface area contributed by atoms with Gasteiger partial charge in [-0.3, -0.25) is 4.72 Å². The van der Waals surface area contributed by atoms with Crippen LogP contribution in [0.25, 0.3) is 0 Å². The van der Waals surface area contributed by atoms with Gasteiger partial charge in [0.1, 0.15) is 4.90 Å².